The Morgan fingerprint density at radius 2 is 2.24 bits per heavy atom. The third-order valence-electron chi connectivity index (χ3n) is 4.07. The first kappa shape index (κ1) is 15.9. The molecular weight excluding hydrogens is 264 g/mol. The van der Waals surface area contributed by atoms with Gasteiger partial charge in [0.05, 0.1) is 6.04 Å². The minimum absolute atomic E-state index is 0.0532. The maximum Gasteiger partial charge on any atom is 0.220 e. The maximum absolute atomic E-state index is 11.4. The first-order valence-corrected chi connectivity index (χ1v) is 7.82. The quantitative estimate of drug-likeness (QED) is 0.901. The Labute approximate surface area is 127 Å². The molecule has 0 aliphatic carbocycles. The van der Waals surface area contributed by atoms with Crippen LogP contribution in [0.1, 0.15) is 56.4 Å². The maximum atomic E-state index is 11.4. The van der Waals surface area contributed by atoms with E-state index >= 15 is 0 Å². The Hall–Kier alpha value is -1.49. The summed E-state index contributed by atoms with van der Waals surface area (Å²) in [5, 5.41) is 2.65. The fourth-order valence-corrected chi connectivity index (χ4v) is 2.99. The zero-order valence-corrected chi connectivity index (χ0v) is 13.5. The molecule has 1 fully saturated rings. The van der Waals surface area contributed by atoms with E-state index in [1.54, 1.807) is 7.05 Å². The van der Waals surface area contributed by atoms with Crippen LogP contribution in [0, 0.1) is 6.92 Å². The number of carbonyl (C=O) groups is 1. The lowest BCUT2D eigenvalue weighted by molar-refractivity contribution is -0.120. The third kappa shape index (κ3) is 4.00. The summed E-state index contributed by atoms with van der Waals surface area (Å²) < 4.78 is 0. The number of amides is 1. The highest BCUT2D eigenvalue weighted by Crippen LogP contribution is 2.31. The van der Waals surface area contributed by atoms with Gasteiger partial charge in [0.25, 0.3) is 0 Å². The molecule has 5 nitrogen and oxygen atoms in total. The first-order chi connectivity index (χ1) is 10.0. The van der Waals surface area contributed by atoms with E-state index in [-0.39, 0.29) is 5.91 Å². The number of aryl methyl sites for hydroxylation is 2. The molecule has 5 heteroatoms. The monoisotopic (exact) mass is 290 g/mol. The van der Waals surface area contributed by atoms with Gasteiger partial charge < -0.3 is 5.32 Å². The Morgan fingerprint density at radius 1 is 1.48 bits per heavy atom. The van der Waals surface area contributed by atoms with E-state index in [9.17, 15) is 4.79 Å². The molecule has 116 valence electrons. The van der Waals surface area contributed by atoms with Crippen molar-refractivity contribution in [1.29, 1.82) is 0 Å². The Morgan fingerprint density at radius 3 is 2.90 bits per heavy atom. The van der Waals surface area contributed by atoms with Crippen molar-refractivity contribution >= 4 is 5.91 Å². The fraction of sp³-hybridized carbons (Fsp3) is 0.688. The number of rotatable bonds is 5. The van der Waals surface area contributed by atoms with Crippen molar-refractivity contribution < 1.29 is 4.79 Å². The molecule has 1 N–H and O–H groups in total. The molecular formula is C16H26N4O. The van der Waals surface area contributed by atoms with Gasteiger partial charge in [-0.2, -0.15) is 0 Å². The molecule has 0 unspecified atom stereocenters. The van der Waals surface area contributed by atoms with Gasteiger partial charge >= 0.3 is 0 Å². The molecule has 1 aliphatic heterocycles. The number of hydrogen-bond acceptors (Lipinski definition) is 4. The van der Waals surface area contributed by atoms with Crippen molar-refractivity contribution in [2.45, 2.75) is 58.5 Å². The highest BCUT2D eigenvalue weighted by molar-refractivity contribution is 5.75. The molecule has 1 atom stereocenters. The minimum atomic E-state index is 0.0532. The number of aromatic nitrogens is 2. The second-order valence-electron chi connectivity index (χ2n) is 6.02. The standard InChI is InChI=1S/C16H26N4O/c1-11(2)20-9-5-6-14(20)16-18-12(3)10-13(19-16)7-8-15(21)17-4/h10-11,14H,5-9H2,1-4H3,(H,17,21)/t14-/m1/s1. The minimum Gasteiger partial charge on any atom is -0.359 e. The molecule has 1 aliphatic rings. The highest BCUT2D eigenvalue weighted by Gasteiger charge is 2.30. The molecule has 0 saturated carbocycles. The van der Waals surface area contributed by atoms with E-state index in [1.807, 2.05) is 13.0 Å². The molecule has 0 radical (unpaired) electrons. The van der Waals surface area contributed by atoms with Crippen LogP contribution in [-0.4, -0.2) is 40.4 Å². The largest absolute Gasteiger partial charge is 0.359 e. The van der Waals surface area contributed by atoms with Crippen LogP contribution >= 0.6 is 0 Å². The van der Waals surface area contributed by atoms with E-state index in [0.29, 0.717) is 24.9 Å². The van der Waals surface area contributed by atoms with E-state index in [2.05, 4.69) is 29.0 Å². The average molecular weight is 290 g/mol. The van der Waals surface area contributed by atoms with Gasteiger partial charge in [0.1, 0.15) is 5.82 Å². The molecule has 2 heterocycles. The fourth-order valence-electron chi connectivity index (χ4n) is 2.99. The van der Waals surface area contributed by atoms with Crippen LogP contribution in [-0.2, 0) is 11.2 Å². The van der Waals surface area contributed by atoms with Gasteiger partial charge in [-0.05, 0) is 52.6 Å². The number of hydrogen-bond donors (Lipinski definition) is 1. The zero-order valence-electron chi connectivity index (χ0n) is 13.5. The van der Waals surface area contributed by atoms with Crippen molar-refractivity contribution in [2.24, 2.45) is 0 Å². The molecule has 1 amide bonds. The summed E-state index contributed by atoms with van der Waals surface area (Å²) in [6.07, 6.45) is 3.47. The molecule has 21 heavy (non-hydrogen) atoms. The summed E-state index contributed by atoms with van der Waals surface area (Å²) in [6.45, 7) is 7.57. The van der Waals surface area contributed by atoms with Crippen LogP contribution in [0.15, 0.2) is 6.07 Å². The normalized spacial score (nSPS) is 19.2. The summed E-state index contributed by atoms with van der Waals surface area (Å²) >= 11 is 0. The van der Waals surface area contributed by atoms with Gasteiger partial charge in [0, 0.05) is 30.9 Å². The second-order valence-corrected chi connectivity index (χ2v) is 6.02. The van der Waals surface area contributed by atoms with Gasteiger partial charge in [0.2, 0.25) is 5.91 Å². The number of nitrogens with one attached hydrogen (secondary N) is 1. The molecule has 0 spiro atoms. The second kappa shape index (κ2) is 6.98. The van der Waals surface area contributed by atoms with Crippen LogP contribution in [0.2, 0.25) is 0 Å². The molecule has 0 aromatic carbocycles. The van der Waals surface area contributed by atoms with Crippen LogP contribution < -0.4 is 5.32 Å². The Kier molecular flexibility index (Phi) is 5.28. The van der Waals surface area contributed by atoms with Crippen molar-refractivity contribution in [1.82, 2.24) is 20.2 Å². The highest BCUT2D eigenvalue weighted by atomic mass is 16.1. The number of likely N-dealkylation sites (tertiary alicyclic amines) is 1. The van der Waals surface area contributed by atoms with E-state index < -0.39 is 0 Å². The Balaban J connectivity index is 2.16. The van der Waals surface area contributed by atoms with Crippen molar-refractivity contribution in [3.63, 3.8) is 0 Å². The summed E-state index contributed by atoms with van der Waals surface area (Å²) in [5.41, 5.74) is 1.96. The van der Waals surface area contributed by atoms with Gasteiger partial charge in [-0.3, -0.25) is 9.69 Å². The summed E-state index contributed by atoms with van der Waals surface area (Å²) in [7, 11) is 1.66. The molecule has 1 aromatic rings. The zero-order chi connectivity index (χ0) is 15.4. The average Bonchev–Trinajstić information content (AvgIpc) is 2.93. The van der Waals surface area contributed by atoms with Crippen LogP contribution in [0.4, 0.5) is 0 Å². The van der Waals surface area contributed by atoms with Crippen molar-refractivity contribution in [3.8, 4) is 0 Å². The predicted octanol–water partition coefficient (Wildman–Crippen LogP) is 2.01. The summed E-state index contributed by atoms with van der Waals surface area (Å²) in [4.78, 5) is 23.2. The lowest BCUT2D eigenvalue weighted by Crippen LogP contribution is -2.31. The first-order valence-electron chi connectivity index (χ1n) is 7.82. The van der Waals surface area contributed by atoms with E-state index in [1.165, 1.54) is 6.42 Å². The van der Waals surface area contributed by atoms with Crippen molar-refractivity contribution in [3.05, 3.63) is 23.3 Å². The van der Waals surface area contributed by atoms with Crippen LogP contribution in [0.3, 0.4) is 0 Å². The van der Waals surface area contributed by atoms with E-state index in [4.69, 9.17) is 4.98 Å². The SMILES string of the molecule is CNC(=O)CCc1cc(C)nc([C@H]2CCCN2C(C)C)n1. The van der Waals surface area contributed by atoms with Crippen LogP contribution in [0.25, 0.3) is 0 Å². The predicted molar refractivity (Wildman–Crippen MR) is 83.0 cm³/mol. The summed E-state index contributed by atoms with van der Waals surface area (Å²) in [5.74, 6) is 0.977. The van der Waals surface area contributed by atoms with Crippen molar-refractivity contribution in [2.75, 3.05) is 13.6 Å². The molecule has 0 bridgehead atoms. The van der Waals surface area contributed by atoms with Gasteiger partial charge in [-0.25, -0.2) is 9.97 Å². The molecule has 1 saturated heterocycles. The lowest BCUT2D eigenvalue weighted by atomic mass is 10.1. The van der Waals surface area contributed by atoms with Gasteiger partial charge in [-0.15, -0.1) is 0 Å². The number of nitrogens with zero attached hydrogens (tertiary/aromatic N) is 3. The smallest absolute Gasteiger partial charge is 0.220 e. The molecule has 2 rings (SSSR count). The van der Waals surface area contributed by atoms with Crippen LogP contribution in [0.5, 0.6) is 0 Å². The van der Waals surface area contributed by atoms with E-state index in [0.717, 1.165) is 30.2 Å². The van der Waals surface area contributed by atoms with Gasteiger partial charge in [0.15, 0.2) is 0 Å². The third-order valence-corrected chi connectivity index (χ3v) is 4.07. The number of carbonyl (C=O) groups excluding carboxylic acids is 1. The Bertz CT molecular complexity index is 501. The van der Waals surface area contributed by atoms with Gasteiger partial charge in [-0.1, -0.05) is 0 Å². The molecule has 1 aromatic heterocycles. The lowest BCUT2D eigenvalue weighted by Gasteiger charge is -2.27. The topological polar surface area (TPSA) is 58.1 Å². The summed E-state index contributed by atoms with van der Waals surface area (Å²) in [6, 6.07) is 2.82.